The maximum Gasteiger partial charge on any atom is 0.256 e. The number of anilines is 2. The lowest BCUT2D eigenvalue weighted by Gasteiger charge is -2.14. The number of amides is 1. The molecule has 3 rings (SSSR count). The Morgan fingerprint density at radius 2 is 1.95 bits per heavy atom. The highest BCUT2D eigenvalue weighted by Gasteiger charge is 2.19. The van der Waals surface area contributed by atoms with Gasteiger partial charge in [0.15, 0.2) is 0 Å². The standard InChI is InChI=1S/C16H15N5O/c17-9-12-4-3-5-14(8-12)20-16-18-10-13(11-19-16)15(22)21-6-1-2-7-21/h3-5,8,10-11H,1-2,6-7H2,(H,18,19,20). The minimum atomic E-state index is -0.0180. The number of aromatic nitrogens is 2. The highest BCUT2D eigenvalue weighted by molar-refractivity contribution is 5.93. The van der Waals surface area contributed by atoms with E-state index in [0.717, 1.165) is 31.6 Å². The van der Waals surface area contributed by atoms with E-state index in [0.29, 0.717) is 17.1 Å². The van der Waals surface area contributed by atoms with Gasteiger partial charge < -0.3 is 10.2 Å². The molecule has 0 atom stereocenters. The zero-order valence-electron chi connectivity index (χ0n) is 12.0. The summed E-state index contributed by atoms with van der Waals surface area (Å²) >= 11 is 0. The third kappa shape index (κ3) is 3.04. The van der Waals surface area contributed by atoms with Crippen LogP contribution in [0.2, 0.25) is 0 Å². The van der Waals surface area contributed by atoms with E-state index in [2.05, 4.69) is 21.4 Å². The molecule has 0 radical (unpaired) electrons. The number of benzene rings is 1. The third-order valence-corrected chi connectivity index (χ3v) is 3.54. The summed E-state index contributed by atoms with van der Waals surface area (Å²) in [4.78, 5) is 22.3. The summed E-state index contributed by atoms with van der Waals surface area (Å²) in [6.07, 6.45) is 5.18. The zero-order valence-corrected chi connectivity index (χ0v) is 12.0. The summed E-state index contributed by atoms with van der Waals surface area (Å²) in [5, 5.41) is 11.9. The first-order valence-corrected chi connectivity index (χ1v) is 7.15. The second-order valence-corrected chi connectivity index (χ2v) is 5.11. The Hall–Kier alpha value is -2.94. The summed E-state index contributed by atoms with van der Waals surface area (Å²) in [5.41, 5.74) is 1.79. The van der Waals surface area contributed by atoms with Gasteiger partial charge in [0.25, 0.3) is 5.91 Å². The number of nitrogens with zero attached hydrogens (tertiary/aromatic N) is 4. The van der Waals surface area contributed by atoms with Gasteiger partial charge in [-0.15, -0.1) is 0 Å². The predicted molar refractivity (Wildman–Crippen MR) is 81.6 cm³/mol. The minimum Gasteiger partial charge on any atom is -0.339 e. The van der Waals surface area contributed by atoms with Gasteiger partial charge in [-0.05, 0) is 31.0 Å². The smallest absolute Gasteiger partial charge is 0.256 e. The number of hydrogen-bond acceptors (Lipinski definition) is 5. The molecule has 6 heteroatoms. The van der Waals surface area contributed by atoms with Gasteiger partial charge in [0.1, 0.15) is 0 Å². The number of nitriles is 1. The van der Waals surface area contributed by atoms with Crippen LogP contribution in [0.1, 0.15) is 28.8 Å². The van der Waals surface area contributed by atoms with Crippen molar-refractivity contribution in [2.75, 3.05) is 18.4 Å². The van der Waals surface area contributed by atoms with Crippen molar-refractivity contribution in [3.05, 3.63) is 47.8 Å². The molecule has 1 aromatic carbocycles. The molecule has 0 aliphatic carbocycles. The maximum absolute atomic E-state index is 12.2. The molecule has 0 spiro atoms. The van der Waals surface area contributed by atoms with Crippen molar-refractivity contribution < 1.29 is 4.79 Å². The van der Waals surface area contributed by atoms with Crippen LogP contribution in [0.4, 0.5) is 11.6 Å². The average molecular weight is 293 g/mol. The maximum atomic E-state index is 12.2. The van der Waals surface area contributed by atoms with Crippen molar-refractivity contribution in [1.29, 1.82) is 5.26 Å². The van der Waals surface area contributed by atoms with Gasteiger partial charge in [-0.1, -0.05) is 6.07 Å². The van der Waals surface area contributed by atoms with Crippen LogP contribution in [-0.4, -0.2) is 33.9 Å². The Balaban J connectivity index is 1.71. The minimum absolute atomic E-state index is 0.0180. The molecule has 0 unspecified atom stereocenters. The highest BCUT2D eigenvalue weighted by atomic mass is 16.2. The fraction of sp³-hybridized carbons (Fsp3) is 0.250. The molecule has 1 N–H and O–H groups in total. The Bertz CT molecular complexity index is 714. The number of rotatable bonds is 3. The first kappa shape index (κ1) is 14.0. The van der Waals surface area contributed by atoms with Crippen molar-refractivity contribution in [2.24, 2.45) is 0 Å². The van der Waals surface area contributed by atoms with Crippen molar-refractivity contribution in [1.82, 2.24) is 14.9 Å². The quantitative estimate of drug-likeness (QED) is 0.939. The zero-order chi connectivity index (χ0) is 15.4. The molecule has 0 bridgehead atoms. The van der Waals surface area contributed by atoms with Crippen LogP contribution < -0.4 is 5.32 Å². The Kier molecular flexibility index (Phi) is 3.97. The van der Waals surface area contributed by atoms with Crippen molar-refractivity contribution in [3.63, 3.8) is 0 Å². The average Bonchev–Trinajstić information content (AvgIpc) is 3.09. The number of nitrogens with one attached hydrogen (secondary N) is 1. The first-order chi connectivity index (χ1) is 10.8. The number of likely N-dealkylation sites (tertiary alicyclic amines) is 1. The van der Waals surface area contributed by atoms with Crippen LogP contribution >= 0.6 is 0 Å². The molecule has 1 amide bonds. The molecule has 1 saturated heterocycles. The third-order valence-electron chi connectivity index (χ3n) is 3.54. The SMILES string of the molecule is N#Cc1cccc(Nc2ncc(C(=O)N3CCCC3)cn2)c1. The summed E-state index contributed by atoms with van der Waals surface area (Å²) in [7, 11) is 0. The van der Waals surface area contributed by atoms with E-state index < -0.39 is 0 Å². The van der Waals surface area contributed by atoms with E-state index in [9.17, 15) is 4.79 Å². The molecule has 6 nitrogen and oxygen atoms in total. The molecule has 1 fully saturated rings. The van der Waals surface area contributed by atoms with Gasteiger partial charge in [0.2, 0.25) is 5.95 Å². The first-order valence-electron chi connectivity index (χ1n) is 7.15. The number of hydrogen-bond donors (Lipinski definition) is 1. The van der Waals surface area contributed by atoms with Gasteiger partial charge >= 0.3 is 0 Å². The molecule has 2 heterocycles. The van der Waals surface area contributed by atoms with E-state index in [1.54, 1.807) is 18.2 Å². The summed E-state index contributed by atoms with van der Waals surface area (Å²) < 4.78 is 0. The summed E-state index contributed by atoms with van der Waals surface area (Å²) in [6.45, 7) is 1.61. The van der Waals surface area contributed by atoms with Crippen LogP contribution in [0.15, 0.2) is 36.7 Å². The molecule has 0 saturated carbocycles. The fourth-order valence-corrected chi connectivity index (χ4v) is 2.40. The normalized spacial score (nSPS) is 13.7. The van der Waals surface area contributed by atoms with Gasteiger partial charge in [-0.3, -0.25) is 4.79 Å². The second-order valence-electron chi connectivity index (χ2n) is 5.11. The van der Waals surface area contributed by atoms with Crippen molar-refractivity contribution in [3.8, 4) is 6.07 Å². The van der Waals surface area contributed by atoms with Crippen LogP contribution in [0, 0.1) is 11.3 Å². The Morgan fingerprint density at radius 3 is 2.64 bits per heavy atom. The second kappa shape index (κ2) is 6.22. The van der Waals surface area contributed by atoms with E-state index in [-0.39, 0.29) is 5.91 Å². The molecule has 22 heavy (non-hydrogen) atoms. The molecule has 1 aliphatic rings. The lowest BCUT2D eigenvalue weighted by Crippen LogP contribution is -2.27. The topological polar surface area (TPSA) is 81.9 Å². The molecule has 2 aromatic rings. The summed E-state index contributed by atoms with van der Waals surface area (Å²) in [5.74, 6) is 0.378. The molecule has 1 aromatic heterocycles. The van der Waals surface area contributed by atoms with E-state index in [1.165, 1.54) is 12.4 Å². The lowest BCUT2D eigenvalue weighted by molar-refractivity contribution is 0.0792. The molecular weight excluding hydrogens is 278 g/mol. The summed E-state index contributed by atoms with van der Waals surface area (Å²) in [6, 6.07) is 9.13. The highest BCUT2D eigenvalue weighted by Crippen LogP contribution is 2.15. The van der Waals surface area contributed by atoms with Gasteiger partial charge in [-0.2, -0.15) is 5.26 Å². The molecule has 1 aliphatic heterocycles. The molecular formula is C16H15N5O. The van der Waals surface area contributed by atoms with Gasteiger partial charge in [-0.25, -0.2) is 9.97 Å². The molecule has 110 valence electrons. The van der Waals surface area contributed by atoms with Crippen LogP contribution in [0.25, 0.3) is 0 Å². The van der Waals surface area contributed by atoms with Crippen LogP contribution in [-0.2, 0) is 0 Å². The lowest BCUT2D eigenvalue weighted by atomic mass is 10.2. The van der Waals surface area contributed by atoms with E-state index in [1.807, 2.05) is 11.0 Å². The fourth-order valence-electron chi connectivity index (χ4n) is 2.40. The largest absolute Gasteiger partial charge is 0.339 e. The number of carbonyl (C=O) groups excluding carboxylic acids is 1. The Labute approximate surface area is 128 Å². The van der Waals surface area contributed by atoms with Crippen LogP contribution in [0.5, 0.6) is 0 Å². The Morgan fingerprint density at radius 1 is 1.23 bits per heavy atom. The predicted octanol–water partition coefficient (Wildman–Crippen LogP) is 2.33. The van der Waals surface area contributed by atoms with E-state index >= 15 is 0 Å². The number of carbonyl (C=O) groups is 1. The van der Waals surface area contributed by atoms with E-state index in [4.69, 9.17) is 5.26 Å². The van der Waals surface area contributed by atoms with Crippen molar-refractivity contribution in [2.45, 2.75) is 12.8 Å². The van der Waals surface area contributed by atoms with Crippen LogP contribution in [0.3, 0.4) is 0 Å². The van der Waals surface area contributed by atoms with Crippen molar-refractivity contribution >= 4 is 17.5 Å². The van der Waals surface area contributed by atoms with Gasteiger partial charge in [0.05, 0.1) is 17.2 Å². The van der Waals surface area contributed by atoms with Gasteiger partial charge in [0, 0.05) is 31.2 Å². The monoisotopic (exact) mass is 293 g/mol.